The van der Waals surface area contributed by atoms with Gasteiger partial charge in [0, 0.05) is 25.5 Å². The van der Waals surface area contributed by atoms with Crippen molar-refractivity contribution in [1.29, 1.82) is 0 Å². The molecule has 166 valence electrons. The van der Waals surface area contributed by atoms with E-state index in [-0.39, 0.29) is 11.6 Å². The Morgan fingerprint density at radius 2 is 1.58 bits per heavy atom. The summed E-state index contributed by atoms with van der Waals surface area (Å²) in [6.07, 6.45) is 4.78. The van der Waals surface area contributed by atoms with Gasteiger partial charge in [0.05, 0.1) is 12.8 Å². The highest BCUT2D eigenvalue weighted by Gasteiger charge is 2.07. The lowest BCUT2D eigenvalue weighted by atomic mass is 9.98. The molecule has 0 atom stereocenters. The van der Waals surface area contributed by atoms with Crippen molar-refractivity contribution < 1.29 is 13.9 Å². The van der Waals surface area contributed by atoms with Crippen LogP contribution < -0.4 is 4.74 Å². The Morgan fingerprint density at radius 1 is 0.818 bits per heavy atom. The molecule has 0 radical (unpaired) electrons. The first-order valence-corrected chi connectivity index (χ1v) is 11.1. The maximum Gasteiger partial charge on any atom is 0.141 e. The monoisotopic (exact) mass is 439 g/mol. The Hall–Kier alpha value is -3.79. The molecule has 0 fully saturated rings. The number of ketones is 1. The largest absolute Gasteiger partial charge is 0.493 e. The minimum atomic E-state index is -0.376. The molecule has 3 aromatic carbocycles. The molecule has 3 nitrogen and oxygen atoms in total. The number of carbonyl (C=O) groups excluding carboxylic acids is 1. The van der Waals surface area contributed by atoms with Gasteiger partial charge in [0.2, 0.25) is 0 Å². The van der Waals surface area contributed by atoms with Crippen LogP contribution in [-0.2, 0) is 24.1 Å². The van der Waals surface area contributed by atoms with E-state index in [0.717, 1.165) is 29.5 Å². The van der Waals surface area contributed by atoms with E-state index in [2.05, 4.69) is 41.4 Å². The molecule has 0 saturated heterocycles. The van der Waals surface area contributed by atoms with Gasteiger partial charge >= 0.3 is 0 Å². The first-order valence-electron chi connectivity index (χ1n) is 11.1. The molecule has 0 aliphatic carbocycles. The van der Waals surface area contributed by atoms with Crippen LogP contribution in [0.15, 0.2) is 97.3 Å². The van der Waals surface area contributed by atoms with E-state index in [1.807, 2.05) is 42.5 Å². The standard InChI is InChI=1S/C29H26FNO2/c30-26-18-23(20-31-21-26)10-13-27(32)19-22-11-14-28(15-12-22)33-17-16-25-8-4-5-9-29(25)24-6-2-1-3-7-24/h1-9,11-12,14-15,18,20-21H,10,13,16-17,19H2. The summed E-state index contributed by atoms with van der Waals surface area (Å²) < 4.78 is 19.1. The van der Waals surface area contributed by atoms with Gasteiger partial charge in [0.25, 0.3) is 0 Å². The van der Waals surface area contributed by atoms with E-state index in [9.17, 15) is 9.18 Å². The molecule has 0 amide bonds. The minimum absolute atomic E-state index is 0.116. The smallest absolute Gasteiger partial charge is 0.141 e. The van der Waals surface area contributed by atoms with Crippen molar-refractivity contribution in [2.24, 2.45) is 0 Å². The van der Waals surface area contributed by atoms with E-state index in [1.54, 1.807) is 6.20 Å². The highest BCUT2D eigenvalue weighted by atomic mass is 19.1. The van der Waals surface area contributed by atoms with Crippen LogP contribution >= 0.6 is 0 Å². The van der Waals surface area contributed by atoms with Gasteiger partial charge in [-0.3, -0.25) is 9.78 Å². The van der Waals surface area contributed by atoms with Gasteiger partial charge in [-0.15, -0.1) is 0 Å². The van der Waals surface area contributed by atoms with Crippen LogP contribution in [0.2, 0.25) is 0 Å². The number of hydrogen-bond donors (Lipinski definition) is 0. The van der Waals surface area contributed by atoms with Crippen LogP contribution in [-0.4, -0.2) is 17.4 Å². The SMILES string of the molecule is O=C(CCc1cncc(F)c1)Cc1ccc(OCCc2ccccc2-c2ccccc2)cc1. The summed E-state index contributed by atoms with van der Waals surface area (Å²) in [6, 6.07) is 27.8. The van der Waals surface area contributed by atoms with Gasteiger partial charge in [-0.25, -0.2) is 4.39 Å². The molecule has 0 N–H and O–H groups in total. The normalized spacial score (nSPS) is 10.7. The van der Waals surface area contributed by atoms with Crippen LogP contribution in [0.3, 0.4) is 0 Å². The molecule has 1 heterocycles. The molecule has 0 spiro atoms. The lowest BCUT2D eigenvalue weighted by Gasteiger charge is -2.11. The van der Waals surface area contributed by atoms with Gasteiger partial charge in [-0.05, 0) is 52.4 Å². The Morgan fingerprint density at radius 3 is 2.36 bits per heavy atom. The number of pyridine rings is 1. The predicted octanol–water partition coefficient (Wildman–Crippen LogP) is 6.25. The fourth-order valence-corrected chi connectivity index (χ4v) is 3.81. The van der Waals surface area contributed by atoms with Crippen LogP contribution in [0.4, 0.5) is 4.39 Å². The number of carbonyl (C=O) groups is 1. The maximum atomic E-state index is 13.2. The lowest BCUT2D eigenvalue weighted by Crippen LogP contribution is -2.05. The number of rotatable bonds is 10. The van der Waals surface area contributed by atoms with Crippen molar-refractivity contribution >= 4 is 5.78 Å². The van der Waals surface area contributed by atoms with E-state index >= 15 is 0 Å². The number of nitrogens with zero attached hydrogens (tertiary/aromatic N) is 1. The number of aromatic nitrogens is 1. The van der Waals surface area contributed by atoms with Crippen molar-refractivity contribution in [3.63, 3.8) is 0 Å². The molecule has 4 rings (SSSR count). The molecular formula is C29H26FNO2. The van der Waals surface area contributed by atoms with Crippen molar-refractivity contribution in [1.82, 2.24) is 4.98 Å². The van der Waals surface area contributed by atoms with E-state index < -0.39 is 0 Å². The molecule has 0 aliphatic heterocycles. The molecule has 0 aliphatic rings. The second-order valence-electron chi connectivity index (χ2n) is 7.99. The van der Waals surface area contributed by atoms with Crippen LogP contribution in [0, 0.1) is 5.82 Å². The van der Waals surface area contributed by atoms with Crippen LogP contribution in [0.5, 0.6) is 5.75 Å². The summed E-state index contributed by atoms with van der Waals surface area (Å²) in [5.41, 5.74) is 5.36. The minimum Gasteiger partial charge on any atom is -0.493 e. The third kappa shape index (κ3) is 6.59. The third-order valence-electron chi connectivity index (χ3n) is 5.52. The van der Waals surface area contributed by atoms with Crippen LogP contribution in [0.1, 0.15) is 23.1 Å². The first-order chi connectivity index (χ1) is 16.2. The second-order valence-corrected chi connectivity index (χ2v) is 7.99. The van der Waals surface area contributed by atoms with Crippen molar-refractivity contribution in [2.75, 3.05) is 6.61 Å². The maximum absolute atomic E-state index is 13.2. The summed E-state index contributed by atoms with van der Waals surface area (Å²) >= 11 is 0. The molecular weight excluding hydrogens is 413 g/mol. The fourth-order valence-electron chi connectivity index (χ4n) is 3.81. The van der Waals surface area contributed by atoms with Crippen molar-refractivity contribution in [3.8, 4) is 16.9 Å². The topological polar surface area (TPSA) is 39.2 Å². The predicted molar refractivity (Wildman–Crippen MR) is 129 cm³/mol. The summed E-state index contributed by atoms with van der Waals surface area (Å²) in [7, 11) is 0. The van der Waals surface area contributed by atoms with Gasteiger partial charge < -0.3 is 4.74 Å². The number of aryl methyl sites for hydroxylation is 1. The number of benzene rings is 3. The number of hydrogen-bond acceptors (Lipinski definition) is 3. The molecule has 0 bridgehead atoms. The number of Topliss-reactive ketones (excluding diaryl/α,β-unsaturated/α-hetero) is 1. The summed E-state index contributed by atoms with van der Waals surface area (Å²) in [4.78, 5) is 16.1. The zero-order valence-corrected chi connectivity index (χ0v) is 18.4. The summed E-state index contributed by atoms with van der Waals surface area (Å²) in [5.74, 6) is 0.527. The zero-order chi connectivity index (χ0) is 22.9. The van der Waals surface area contributed by atoms with Crippen molar-refractivity contribution in [2.45, 2.75) is 25.7 Å². The quantitative estimate of drug-likeness (QED) is 0.293. The van der Waals surface area contributed by atoms with E-state index in [0.29, 0.717) is 25.9 Å². The first kappa shape index (κ1) is 22.4. The molecule has 1 aromatic heterocycles. The summed E-state index contributed by atoms with van der Waals surface area (Å²) in [6.45, 7) is 0.573. The highest BCUT2D eigenvalue weighted by Crippen LogP contribution is 2.24. The fraction of sp³-hybridized carbons (Fsp3) is 0.172. The van der Waals surface area contributed by atoms with E-state index in [1.165, 1.54) is 22.8 Å². The molecule has 0 unspecified atom stereocenters. The molecule has 0 saturated carbocycles. The highest BCUT2D eigenvalue weighted by molar-refractivity contribution is 5.81. The van der Waals surface area contributed by atoms with Gasteiger partial charge in [-0.2, -0.15) is 0 Å². The molecule has 33 heavy (non-hydrogen) atoms. The third-order valence-corrected chi connectivity index (χ3v) is 5.52. The average molecular weight is 440 g/mol. The van der Waals surface area contributed by atoms with Gasteiger partial charge in [0.15, 0.2) is 0 Å². The zero-order valence-electron chi connectivity index (χ0n) is 18.4. The Bertz CT molecular complexity index is 1190. The summed E-state index contributed by atoms with van der Waals surface area (Å²) in [5, 5.41) is 0. The van der Waals surface area contributed by atoms with Gasteiger partial charge in [0.1, 0.15) is 17.3 Å². The Balaban J connectivity index is 1.26. The number of halogens is 1. The Labute approximate surface area is 193 Å². The van der Waals surface area contributed by atoms with Crippen molar-refractivity contribution in [3.05, 3.63) is 120 Å². The Kier molecular flexibility index (Phi) is 7.60. The van der Waals surface area contributed by atoms with Gasteiger partial charge in [-0.1, -0.05) is 66.7 Å². The average Bonchev–Trinajstić information content (AvgIpc) is 2.85. The number of ether oxygens (including phenoxy) is 1. The molecule has 4 aromatic rings. The second kappa shape index (κ2) is 11.2. The van der Waals surface area contributed by atoms with E-state index in [4.69, 9.17) is 4.74 Å². The lowest BCUT2D eigenvalue weighted by molar-refractivity contribution is -0.118. The molecule has 4 heteroatoms. The van der Waals surface area contributed by atoms with Crippen LogP contribution in [0.25, 0.3) is 11.1 Å².